The number of benzene rings is 1. The standard InChI is InChI=1S/C14H18N2O3/c1-10(2)8-14(17)15(4)11(3)12-6-5-7-13(9-12)16(18)19/h5-9,11H,1-4H3/t11-/m1/s1. The van der Waals surface area contributed by atoms with E-state index < -0.39 is 4.92 Å². The Bertz CT molecular complexity index is 519. The third-order valence-corrected chi connectivity index (χ3v) is 2.90. The van der Waals surface area contributed by atoms with Gasteiger partial charge in [-0.15, -0.1) is 0 Å². The molecule has 1 aromatic rings. The van der Waals surface area contributed by atoms with E-state index in [1.54, 1.807) is 30.2 Å². The molecule has 0 aromatic heterocycles. The highest BCUT2D eigenvalue weighted by Gasteiger charge is 2.17. The number of hydrogen-bond acceptors (Lipinski definition) is 3. The van der Waals surface area contributed by atoms with E-state index in [2.05, 4.69) is 0 Å². The molecule has 0 fully saturated rings. The van der Waals surface area contributed by atoms with Crippen LogP contribution < -0.4 is 0 Å². The van der Waals surface area contributed by atoms with E-state index in [-0.39, 0.29) is 17.6 Å². The molecule has 1 rings (SSSR count). The van der Waals surface area contributed by atoms with E-state index in [4.69, 9.17) is 0 Å². The van der Waals surface area contributed by atoms with Crippen LogP contribution in [0.15, 0.2) is 35.9 Å². The number of nitro benzene ring substituents is 1. The highest BCUT2D eigenvalue weighted by Crippen LogP contribution is 2.23. The van der Waals surface area contributed by atoms with Crippen molar-refractivity contribution in [3.63, 3.8) is 0 Å². The average Bonchev–Trinajstić information content (AvgIpc) is 2.36. The zero-order valence-corrected chi connectivity index (χ0v) is 11.6. The Hall–Kier alpha value is -2.17. The molecule has 1 amide bonds. The van der Waals surface area contributed by atoms with Gasteiger partial charge in [0.25, 0.3) is 5.69 Å². The molecule has 0 aliphatic heterocycles. The Morgan fingerprint density at radius 3 is 2.58 bits per heavy atom. The number of non-ortho nitro benzene ring substituents is 1. The molecule has 0 heterocycles. The smallest absolute Gasteiger partial charge is 0.269 e. The van der Waals surface area contributed by atoms with E-state index >= 15 is 0 Å². The molecule has 0 N–H and O–H groups in total. The predicted molar refractivity (Wildman–Crippen MR) is 73.7 cm³/mol. The van der Waals surface area contributed by atoms with E-state index in [0.29, 0.717) is 0 Å². The molecule has 0 aliphatic carbocycles. The zero-order valence-electron chi connectivity index (χ0n) is 11.6. The van der Waals surface area contributed by atoms with Crippen molar-refractivity contribution < 1.29 is 9.72 Å². The Morgan fingerprint density at radius 2 is 2.05 bits per heavy atom. The van der Waals surface area contributed by atoms with E-state index in [1.807, 2.05) is 20.8 Å². The first-order valence-corrected chi connectivity index (χ1v) is 5.99. The van der Waals surface area contributed by atoms with Crippen molar-refractivity contribution in [2.24, 2.45) is 0 Å². The number of likely N-dealkylation sites (N-methyl/N-ethyl adjacent to an activating group) is 1. The number of allylic oxidation sites excluding steroid dienone is 1. The molecule has 102 valence electrons. The van der Waals surface area contributed by atoms with Crippen molar-refractivity contribution in [1.29, 1.82) is 0 Å². The first kappa shape index (κ1) is 14.9. The second-order valence-corrected chi connectivity index (χ2v) is 4.70. The van der Waals surface area contributed by atoms with Crippen LogP contribution in [0, 0.1) is 10.1 Å². The van der Waals surface area contributed by atoms with Crippen molar-refractivity contribution >= 4 is 11.6 Å². The Morgan fingerprint density at radius 1 is 1.42 bits per heavy atom. The van der Waals surface area contributed by atoms with E-state index in [1.165, 1.54) is 12.1 Å². The number of nitrogens with zero attached hydrogens (tertiary/aromatic N) is 2. The summed E-state index contributed by atoms with van der Waals surface area (Å²) in [6.45, 7) is 5.54. The topological polar surface area (TPSA) is 63.5 Å². The van der Waals surface area contributed by atoms with Gasteiger partial charge < -0.3 is 4.90 Å². The van der Waals surface area contributed by atoms with Crippen LogP contribution in [-0.2, 0) is 4.79 Å². The van der Waals surface area contributed by atoms with Crippen molar-refractivity contribution in [2.75, 3.05) is 7.05 Å². The minimum atomic E-state index is -0.436. The van der Waals surface area contributed by atoms with Crippen LogP contribution >= 0.6 is 0 Å². The fourth-order valence-corrected chi connectivity index (χ4v) is 1.66. The normalized spacial score (nSPS) is 11.6. The molecule has 0 radical (unpaired) electrons. The van der Waals surface area contributed by atoms with Crippen molar-refractivity contribution in [3.05, 3.63) is 51.6 Å². The van der Waals surface area contributed by atoms with E-state index in [0.717, 1.165) is 11.1 Å². The largest absolute Gasteiger partial charge is 0.335 e. The highest BCUT2D eigenvalue weighted by atomic mass is 16.6. The second kappa shape index (κ2) is 6.13. The van der Waals surface area contributed by atoms with Gasteiger partial charge in [0.05, 0.1) is 11.0 Å². The molecule has 0 unspecified atom stereocenters. The van der Waals surface area contributed by atoms with Gasteiger partial charge in [0.2, 0.25) is 5.91 Å². The number of rotatable bonds is 4. The summed E-state index contributed by atoms with van der Waals surface area (Å²) >= 11 is 0. The molecule has 5 nitrogen and oxygen atoms in total. The number of amides is 1. The molecule has 0 bridgehead atoms. The van der Waals surface area contributed by atoms with Crippen LogP contribution in [0.1, 0.15) is 32.4 Å². The third kappa shape index (κ3) is 3.91. The summed E-state index contributed by atoms with van der Waals surface area (Å²) in [7, 11) is 1.69. The van der Waals surface area contributed by atoms with E-state index in [9.17, 15) is 14.9 Å². The number of carbonyl (C=O) groups is 1. The third-order valence-electron chi connectivity index (χ3n) is 2.90. The van der Waals surface area contributed by atoms with Gasteiger partial charge in [-0.05, 0) is 26.3 Å². The highest BCUT2D eigenvalue weighted by molar-refractivity contribution is 5.88. The summed E-state index contributed by atoms with van der Waals surface area (Å²) in [6.07, 6.45) is 1.55. The van der Waals surface area contributed by atoms with Crippen LogP contribution in [0.4, 0.5) is 5.69 Å². The van der Waals surface area contributed by atoms with Gasteiger partial charge in [0.1, 0.15) is 0 Å². The van der Waals surface area contributed by atoms with Crippen LogP contribution in [0.2, 0.25) is 0 Å². The van der Waals surface area contributed by atoms with Gasteiger partial charge in [-0.25, -0.2) is 0 Å². The predicted octanol–water partition coefficient (Wildman–Crippen LogP) is 3.08. The fourth-order valence-electron chi connectivity index (χ4n) is 1.66. The summed E-state index contributed by atoms with van der Waals surface area (Å²) in [5.74, 6) is -0.112. The van der Waals surface area contributed by atoms with Gasteiger partial charge in [-0.3, -0.25) is 14.9 Å². The van der Waals surface area contributed by atoms with Crippen LogP contribution in [-0.4, -0.2) is 22.8 Å². The summed E-state index contributed by atoms with van der Waals surface area (Å²) in [5, 5.41) is 10.7. The van der Waals surface area contributed by atoms with Gasteiger partial charge in [0.15, 0.2) is 0 Å². The molecule has 1 atom stereocenters. The lowest BCUT2D eigenvalue weighted by Gasteiger charge is -2.24. The molecule has 0 aliphatic rings. The minimum absolute atomic E-state index is 0.0346. The number of carbonyl (C=O) groups excluding carboxylic acids is 1. The summed E-state index contributed by atoms with van der Waals surface area (Å²) < 4.78 is 0. The van der Waals surface area contributed by atoms with Crippen LogP contribution in [0.3, 0.4) is 0 Å². The van der Waals surface area contributed by atoms with Crippen LogP contribution in [0.25, 0.3) is 0 Å². The summed E-state index contributed by atoms with van der Waals surface area (Å²) in [4.78, 5) is 23.8. The summed E-state index contributed by atoms with van der Waals surface area (Å²) in [5.41, 5.74) is 1.70. The molecule has 1 aromatic carbocycles. The van der Waals surface area contributed by atoms with Crippen molar-refractivity contribution in [3.8, 4) is 0 Å². The average molecular weight is 262 g/mol. The van der Waals surface area contributed by atoms with Crippen LogP contribution in [0.5, 0.6) is 0 Å². The fraction of sp³-hybridized carbons (Fsp3) is 0.357. The molecule has 0 saturated carbocycles. The van der Waals surface area contributed by atoms with Gasteiger partial charge >= 0.3 is 0 Å². The quantitative estimate of drug-likeness (QED) is 0.476. The molecule has 0 spiro atoms. The maximum Gasteiger partial charge on any atom is 0.269 e. The zero-order chi connectivity index (χ0) is 14.6. The van der Waals surface area contributed by atoms with Crippen molar-refractivity contribution in [1.82, 2.24) is 4.90 Å². The molecule has 19 heavy (non-hydrogen) atoms. The molecular weight excluding hydrogens is 244 g/mol. The van der Waals surface area contributed by atoms with Gasteiger partial charge in [0, 0.05) is 25.3 Å². The van der Waals surface area contributed by atoms with Crippen molar-refractivity contribution in [2.45, 2.75) is 26.8 Å². The minimum Gasteiger partial charge on any atom is -0.335 e. The molecule has 5 heteroatoms. The van der Waals surface area contributed by atoms with Gasteiger partial charge in [-0.1, -0.05) is 17.7 Å². The maximum absolute atomic E-state index is 11.9. The maximum atomic E-state index is 11.9. The first-order valence-electron chi connectivity index (χ1n) is 5.99. The first-order chi connectivity index (χ1) is 8.82. The SMILES string of the molecule is CC(C)=CC(=O)N(C)[C@H](C)c1cccc([N+](=O)[O-])c1. The number of hydrogen-bond donors (Lipinski definition) is 0. The lowest BCUT2D eigenvalue weighted by atomic mass is 10.1. The summed E-state index contributed by atoms with van der Waals surface area (Å²) in [6, 6.07) is 6.13. The Kier molecular flexibility index (Phi) is 4.80. The second-order valence-electron chi connectivity index (χ2n) is 4.70. The lowest BCUT2D eigenvalue weighted by Crippen LogP contribution is -2.28. The lowest BCUT2D eigenvalue weighted by molar-refractivity contribution is -0.384. The Balaban J connectivity index is 2.96. The number of nitro groups is 1. The Labute approximate surface area is 112 Å². The molecular formula is C14H18N2O3. The van der Waals surface area contributed by atoms with Gasteiger partial charge in [-0.2, -0.15) is 0 Å². The molecule has 0 saturated heterocycles. The monoisotopic (exact) mass is 262 g/mol.